The van der Waals surface area contributed by atoms with Crippen molar-refractivity contribution in [3.05, 3.63) is 28.1 Å². The van der Waals surface area contributed by atoms with Gasteiger partial charge in [0, 0.05) is 34.7 Å². The molecule has 1 aliphatic heterocycles. The molecule has 3 nitrogen and oxygen atoms in total. The Hall–Kier alpha value is -1.26. The number of carbonyl (C=O) groups excluding carboxylic acids is 1. The summed E-state index contributed by atoms with van der Waals surface area (Å²) in [6.07, 6.45) is 2.28. The Bertz CT molecular complexity index is 653. The summed E-state index contributed by atoms with van der Waals surface area (Å²) in [6.45, 7) is 4.73. The molecule has 0 atom stereocenters. The van der Waals surface area contributed by atoms with Crippen molar-refractivity contribution >= 4 is 44.6 Å². The van der Waals surface area contributed by atoms with Crippen LogP contribution in [0.25, 0.3) is 10.1 Å². The van der Waals surface area contributed by atoms with Gasteiger partial charge in [-0.25, -0.2) is 0 Å². The lowest BCUT2D eigenvalue weighted by molar-refractivity contribution is 0.0962. The summed E-state index contributed by atoms with van der Waals surface area (Å²) >= 11 is 7.69. The van der Waals surface area contributed by atoms with Crippen LogP contribution < -0.4 is 10.2 Å². The van der Waals surface area contributed by atoms with Crippen molar-refractivity contribution in [1.82, 2.24) is 5.32 Å². The van der Waals surface area contributed by atoms with Crippen LogP contribution in [0.15, 0.2) is 18.2 Å². The molecule has 1 aromatic heterocycles. The molecular weight excluding hydrogens is 292 g/mol. The van der Waals surface area contributed by atoms with Crippen molar-refractivity contribution in [3.63, 3.8) is 0 Å². The summed E-state index contributed by atoms with van der Waals surface area (Å²) < 4.78 is 1.12. The van der Waals surface area contributed by atoms with E-state index in [1.54, 1.807) is 11.3 Å². The molecule has 0 spiro atoms. The van der Waals surface area contributed by atoms with Gasteiger partial charge in [0.05, 0.1) is 5.69 Å². The molecule has 1 aromatic carbocycles. The van der Waals surface area contributed by atoms with E-state index in [9.17, 15) is 4.79 Å². The number of amides is 1. The molecule has 0 radical (unpaired) electrons. The van der Waals surface area contributed by atoms with E-state index in [0.29, 0.717) is 6.54 Å². The number of rotatable bonds is 3. The highest BCUT2D eigenvalue weighted by atomic mass is 35.5. The Morgan fingerprint density at radius 2 is 2.30 bits per heavy atom. The monoisotopic (exact) mass is 308 g/mol. The number of unbranched alkanes of at least 4 members (excludes halogenated alkanes) is 1. The van der Waals surface area contributed by atoms with Crippen LogP contribution in [0.3, 0.4) is 0 Å². The van der Waals surface area contributed by atoms with Gasteiger partial charge in [-0.2, -0.15) is 0 Å². The summed E-state index contributed by atoms with van der Waals surface area (Å²) in [5.74, 6) is 0.0383. The zero-order valence-electron chi connectivity index (χ0n) is 11.4. The Labute approximate surface area is 127 Å². The molecular formula is C15H17ClN2OS. The van der Waals surface area contributed by atoms with Crippen molar-refractivity contribution in [2.45, 2.75) is 19.8 Å². The summed E-state index contributed by atoms with van der Waals surface area (Å²) in [4.78, 5) is 15.4. The number of benzene rings is 1. The van der Waals surface area contributed by atoms with Crippen molar-refractivity contribution in [2.24, 2.45) is 0 Å². The maximum absolute atomic E-state index is 12.2. The number of thiophene rings is 1. The number of nitrogens with one attached hydrogen (secondary N) is 1. The van der Waals surface area contributed by atoms with E-state index in [-0.39, 0.29) is 5.91 Å². The van der Waals surface area contributed by atoms with Crippen molar-refractivity contribution in [2.75, 3.05) is 24.5 Å². The van der Waals surface area contributed by atoms with E-state index in [1.807, 2.05) is 18.2 Å². The first-order valence-corrected chi connectivity index (χ1v) is 8.15. The molecule has 3 rings (SSSR count). The van der Waals surface area contributed by atoms with Crippen LogP contribution in [-0.4, -0.2) is 25.5 Å². The minimum absolute atomic E-state index is 0.0383. The van der Waals surface area contributed by atoms with E-state index < -0.39 is 0 Å². The van der Waals surface area contributed by atoms with E-state index in [1.165, 1.54) is 0 Å². The van der Waals surface area contributed by atoms with Gasteiger partial charge < -0.3 is 10.2 Å². The van der Waals surface area contributed by atoms with E-state index in [4.69, 9.17) is 11.6 Å². The van der Waals surface area contributed by atoms with Gasteiger partial charge in [0.25, 0.3) is 5.91 Å². The summed E-state index contributed by atoms with van der Waals surface area (Å²) in [5, 5.41) is 4.80. The van der Waals surface area contributed by atoms with E-state index in [0.717, 1.165) is 51.6 Å². The first-order chi connectivity index (χ1) is 9.70. The number of halogens is 1. The van der Waals surface area contributed by atoms with Crippen LogP contribution in [0.5, 0.6) is 0 Å². The molecule has 106 valence electrons. The largest absolute Gasteiger partial charge is 0.368 e. The van der Waals surface area contributed by atoms with Crippen molar-refractivity contribution in [1.29, 1.82) is 0 Å². The molecule has 1 N–H and O–H groups in total. The van der Waals surface area contributed by atoms with Crippen LogP contribution in [0.1, 0.15) is 29.4 Å². The van der Waals surface area contributed by atoms with Crippen molar-refractivity contribution < 1.29 is 4.79 Å². The average Bonchev–Trinajstić information content (AvgIpc) is 2.73. The quantitative estimate of drug-likeness (QED) is 0.932. The highest BCUT2D eigenvalue weighted by molar-refractivity contribution is 7.21. The lowest BCUT2D eigenvalue weighted by Gasteiger charge is -2.22. The lowest BCUT2D eigenvalue weighted by Crippen LogP contribution is -2.30. The molecule has 2 aromatic rings. The van der Waals surface area contributed by atoms with Crippen LogP contribution in [0, 0.1) is 0 Å². The third-order valence-corrected chi connectivity index (χ3v) is 4.99. The molecule has 0 bridgehead atoms. The molecule has 5 heteroatoms. The number of hydrogen-bond donors (Lipinski definition) is 1. The number of carbonyl (C=O) groups is 1. The van der Waals surface area contributed by atoms with Gasteiger partial charge >= 0.3 is 0 Å². The van der Waals surface area contributed by atoms with Gasteiger partial charge in [0.2, 0.25) is 0 Å². The second-order valence-corrected chi connectivity index (χ2v) is 6.51. The minimum atomic E-state index is 0.0383. The fourth-order valence-corrected chi connectivity index (χ4v) is 3.89. The fourth-order valence-electron chi connectivity index (χ4n) is 2.59. The predicted molar refractivity (Wildman–Crippen MR) is 86.3 cm³/mol. The number of anilines is 1. The van der Waals surface area contributed by atoms with Crippen molar-refractivity contribution in [3.8, 4) is 0 Å². The number of nitrogens with zero attached hydrogens (tertiary/aromatic N) is 1. The molecule has 2 heterocycles. The van der Waals surface area contributed by atoms with Gasteiger partial charge in [-0.3, -0.25) is 4.79 Å². The molecule has 1 amide bonds. The van der Waals surface area contributed by atoms with Crippen LogP contribution >= 0.6 is 22.9 Å². The minimum Gasteiger partial charge on any atom is -0.368 e. The molecule has 0 saturated heterocycles. The lowest BCUT2D eigenvalue weighted by atomic mass is 10.2. The first-order valence-electron chi connectivity index (χ1n) is 6.96. The molecule has 0 saturated carbocycles. The topological polar surface area (TPSA) is 32.3 Å². The summed E-state index contributed by atoms with van der Waals surface area (Å²) in [7, 11) is 0. The molecule has 0 unspecified atom stereocenters. The van der Waals surface area contributed by atoms with Gasteiger partial charge in [-0.05, 0) is 24.6 Å². The Balaban J connectivity index is 2.15. The molecule has 1 aliphatic rings. The average molecular weight is 309 g/mol. The summed E-state index contributed by atoms with van der Waals surface area (Å²) in [6, 6.07) is 5.86. The second kappa shape index (κ2) is 5.62. The van der Waals surface area contributed by atoms with Crippen LogP contribution in [0.4, 0.5) is 5.69 Å². The first kappa shape index (κ1) is 13.7. The second-order valence-electron chi connectivity index (χ2n) is 5.02. The normalized spacial score (nSPS) is 15.1. The standard InChI is InChI=1S/C15H17ClN2OS/c1-2-3-7-18-8-6-17-15(19)14-13(18)11-9-10(16)4-5-12(11)20-14/h4-5,9H,2-3,6-8H2,1H3,(H,17,19). The smallest absolute Gasteiger partial charge is 0.263 e. The molecule has 0 aliphatic carbocycles. The number of fused-ring (bicyclic) bond motifs is 3. The maximum Gasteiger partial charge on any atom is 0.263 e. The predicted octanol–water partition coefficient (Wildman–Crippen LogP) is 3.90. The molecule has 20 heavy (non-hydrogen) atoms. The zero-order chi connectivity index (χ0) is 14.1. The van der Waals surface area contributed by atoms with Gasteiger partial charge in [-0.15, -0.1) is 11.3 Å². The maximum atomic E-state index is 12.2. The van der Waals surface area contributed by atoms with E-state index >= 15 is 0 Å². The Morgan fingerprint density at radius 3 is 3.10 bits per heavy atom. The van der Waals surface area contributed by atoms with Gasteiger partial charge in [0.1, 0.15) is 4.88 Å². The summed E-state index contributed by atoms with van der Waals surface area (Å²) in [5.41, 5.74) is 1.07. The number of hydrogen-bond acceptors (Lipinski definition) is 3. The van der Waals surface area contributed by atoms with Crippen LogP contribution in [0.2, 0.25) is 5.02 Å². The fraction of sp³-hybridized carbons (Fsp3) is 0.400. The third kappa shape index (κ3) is 2.38. The molecule has 0 fully saturated rings. The van der Waals surface area contributed by atoms with Gasteiger partial charge in [-0.1, -0.05) is 24.9 Å². The van der Waals surface area contributed by atoms with Gasteiger partial charge in [0.15, 0.2) is 0 Å². The van der Waals surface area contributed by atoms with E-state index in [2.05, 4.69) is 17.1 Å². The zero-order valence-corrected chi connectivity index (χ0v) is 13.0. The SMILES string of the molecule is CCCCN1CCNC(=O)c2sc3ccc(Cl)cc3c21. The van der Waals surface area contributed by atoms with Crippen LogP contribution in [-0.2, 0) is 0 Å². The Morgan fingerprint density at radius 1 is 1.45 bits per heavy atom. The highest BCUT2D eigenvalue weighted by Crippen LogP contribution is 2.40. The highest BCUT2D eigenvalue weighted by Gasteiger charge is 2.25. The third-order valence-electron chi connectivity index (χ3n) is 3.60. The Kier molecular flexibility index (Phi) is 3.85.